The summed E-state index contributed by atoms with van der Waals surface area (Å²) < 4.78 is 29.7. The van der Waals surface area contributed by atoms with Crippen LogP contribution < -0.4 is 4.72 Å². The molecule has 7 nitrogen and oxygen atoms in total. The zero-order valence-corrected chi connectivity index (χ0v) is 15.6. The fourth-order valence-electron chi connectivity index (χ4n) is 2.91. The van der Waals surface area contributed by atoms with Crippen molar-refractivity contribution in [2.24, 2.45) is 0 Å². The average Bonchev–Trinajstić information content (AvgIpc) is 2.99. The molecule has 0 saturated carbocycles. The normalized spacial score (nSPS) is 11.6. The maximum atomic E-state index is 12.8. The van der Waals surface area contributed by atoms with Gasteiger partial charge >= 0.3 is 0 Å². The summed E-state index contributed by atoms with van der Waals surface area (Å²) in [5, 5.41) is 6.19. The topological polar surface area (TPSA) is 89.8 Å². The molecule has 0 unspecified atom stereocenters. The van der Waals surface area contributed by atoms with E-state index in [2.05, 4.69) is 19.8 Å². The molecule has 0 saturated heterocycles. The fourth-order valence-corrected chi connectivity index (χ4v) is 3.94. The number of hydrogen-bond donors (Lipinski definition) is 1. The summed E-state index contributed by atoms with van der Waals surface area (Å²) in [6, 6.07) is 16.1. The van der Waals surface area contributed by atoms with E-state index in [0.29, 0.717) is 5.82 Å². The molecular formula is C19H17N5O2S. The third kappa shape index (κ3) is 3.39. The van der Waals surface area contributed by atoms with Crippen LogP contribution in [0.1, 0.15) is 11.4 Å². The maximum absolute atomic E-state index is 12.8. The first-order valence-electron chi connectivity index (χ1n) is 8.30. The van der Waals surface area contributed by atoms with Gasteiger partial charge in [-0.25, -0.2) is 23.1 Å². The molecule has 2 aromatic heterocycles. The van der Waals surface area contributed by atoms with Crippen LogP contribution in [0.5, 0.6) is 0 Å². The van der Waals surface area contributed by atoms with Crippen molar-refractivity contribution >= 4 is 26.6 Å². The number of aryl methyl sites for hydroxylation is 2. The van der Waals surface area contributed by atoms with Gasteiger partial charge < -0.3 is 0 Å². The lowest BCUT2D eigenvalue weighted by molar-refractivity contribution is 0.601. The molecule has 0 atom stereocenters. The Balaban J connectivity index is 1.68. The number of benzene rings is 2. The van der Waals surface area contributed by atoms with Crippen molar-refractivity contribution < 1.29 is 8.42 Å². The van der Waals surface area contributed by atoms with Crippen molar-refractivity contribution in [3.05, 3.63) is 72.3 Å². The number of sulfonamides is 1. The molecule has 0 fully saturated rings. The first-order chi connectivity index (χ1) is 12.9. The molecule has 0 bridgehead atoms. The van der Waals surface area contributed by atoms with E-state index in [1.807, 2.05) is 44.2 Å². The lowest BCUT2D eigenvalue weighted by atomic mass is 10.1. The highest BCUT2D eigenvalue weighted by molar-refractivity contribution is 7.92. The fraction of sp³-hybridized carbons (Fsp3) is 0.105. The minimum atomic E-state index is -3.78. The largest absolute Gasteiger partial charge is 0.263 e. The first-order valence-corrected chi connectivity index (χ1v) is 9.78. The van der Waals surface area contributed by atoms with Crippen LogP contribution >= 0.6 is 0 Å². The number of nitrogens with zero attached hydrogens (tertiary/aromatic N) is 4. The van der Waals surface area contributed by atoms with Gasteiger partial charge in [0.05, 0.1) is 10.6 Å². The van der Waals surface area contributed by atoms with Gasteiger partial charge in [0, 0.05) is 11.8 Å². The number of fused-ring (bicyclic) bond motifs is 1. The van der Waals surface area contributed by atoms with Gasteiger partial charge in [-0.15, -0.1) is 0 Å². The molecule has 1 N–H and O–H groups in total. The second kappa shape index (κ2) is 6.48. The highest BCUT2D eigenvalue weighted by Crippen LogP contribution is 2.21. The van der Waals surface area contributed by atoms with Gasteiger partial charge in [-0.2, -0.15) is 5.10 Å². The molecule has 0 radical (unpaired) electrons. The van der Waals surface area contributed by atoms with Crippen molar-refractivity contribution in [2.75, 3.05) is 4.72 Å². The zero-order valence-electron chi connectivity index (χ0n) is 14.8. The van der Waals surface area contributed by atoms with Crippen molar-refractivity contribution in [1.29, 1.82) is 0 Å². The molecule has 27 heavy (non-hydrogen) atoms. The molecule has 0 amide bonds. The highest BCUT2D eigenvalue weighted by Gasteiger charge is 2.16. The van der Waals surface area contributed by atoms with E-state index in [1.165, 1.54) is 6.33 Å². The van der Waals surface area contributed by atoms with Gasteiger partial charge in [-0.3, -0.25) is 4.72 Å². The summed E-state index contributed by atoms with van der Waals surface area (Å²) >= 11 is 0. The van der Waals surface area contributed by atoms with Gasteiger partial charge in [0.2, 0.25) is 0 Å². The van der Waals surface area contributed by atoms with E-state index < -0.39 is 10.0 Å². The Morgan fingerprint density at radius 1 is 0.926 bits per heavy atom. The Kier molecular flexibility index (Phi) is 4.12. The van der Waals surface area contributed by atoms with Crippen LogP contribution in [0, 0.1) is 13.8 Å². The monoisotopic (exact) mass is 379 g/mol. The third-order valence-electron chi connectivity index (χ3n) is 4.15. The van der Waals surface area contributed by atoms with E-state index in [1.54, 1.807) is 28.9 Å². The minimum Gasteiger partial charge on any atom is -0.263 e. The van der Waals surface area contributed by atoms with E-state index in [-0.39, 0.29) is 10.7 Å². The number of anilines is 1. The first kappa shape index (κ1) is 17.2. The van der Waals surface area contributed by atoms with Gasteiger partial charge in [0.25, 0.3) is 10.0 Å². The minimum absolute atomic E-state index is 0.174. The lowest BCUT2D eigenvalue weighted by Gasteiger charge is -2.10. The predicted octanol–water partition coefficient (Wildman–Crippen LogP) is 3.23. The maximum Gasteiger partial charge on any atom is 0.263 e. The molecule has 0 aliphatic carbocycles. The van der Waals surface area contributed by atoms with Crippen molar-refractivity contribution in [3.63, 3.8) is 0 Å². The molecule has 8 heteroatoms. The SMILES string of the molecule is Cc1cc(C)n(-c2cc(NS(=O)(=O)c3ccc4ccccc4c3)ncn2)n1. The molecule has 136 valence electrons. The smallest absolute Gasteiger partial charge is 0.263 e. The Morgan fingerprint density at radius 2 is 1.70 bits per heavy atom. The van der Waals surface area contributed by atoms with Gasteiger partial charge in [-0.05, 0) is 42.8 Å². The third-order valence-corrected chi connectivity index (χ3v) is 5.50. The number of rotatable bonds is 4. The van der Waals surface area contributed by atoms with Crippen molar-refractivity contribution in [2.45, 2.75) is 18.7 Å². The van der Waals surface area contributed by atoms with Gasteiger partial charge in [0.15, 0.2) is 5.82 Å². The number of nitrogens with one attached hydrogen (secondary N) is 1. The zero-order chi connectivity index (χ0) is 19.0. The molecule has 0 aliphatic rings. The second-order valence-corrected chi connectivity index (χ2v) is 7.90. The lowest BCUT2D eigenvalue weighted by Crippen LogP contribution is -2.14. The Labute approximate surface area is 156 Å². The Hall–Kier alpha value is -3.26. The highest BCUT2D eigenvalue weighted by atomic mass is 32.2. The van der Waals surface area contributed by atoms with Gasteiger partial charge in [-0.1, -0.05) is 30.3 Å². The molecule has 0 aliphatic heterocycles. The summed E-state index contributed by atoms with van der Waals surface area (Å²) in [6.45, 7) is 3.79. The summed E-state index contributed by atoms with van der Waals surface area (Å²) in [4.78, 5) is 8.39. The van der Waals surface area contributed by atoms with E-state index in [4.69, 9.17) is 0 Å². The number of aromatic nitrogens is 4. The average molecular weight is 379 g/mol. The molecule has 4 rings (SSSR count). The molecular weight excluding hydrogens is 362 g/mol. The Bertz CT molecular complexity index is 1250. The van der Waals surface area contributed by atoms with Crippen LogP contribution in [-0.2, 0) is 10.0 Å². The summed E-state index contributed by atoms with van der Waals surface area (Å²) in [6.07, 6.45) is 1.31. The standard InChI is InChI=1S/C19H17N5O2S/c1-13-9-14(2)24(22-13)19-11-18(20-12-21-19)23-27(25,26)17-8-7-15-5-3-4-6-16(15)10-17/h3-12H,1-2H3,(H,20,21,23). The summed E-state index contributed by atoms with van der Waals surface area (Å²) in [5.41, 5.74) is 1.75. The summed E-state index contributed by atoms with van der Waals surface area (Å²) in [5.74, 6) is 0.674. The Morgan fingerprint density at radius 3 is 2.44 bits per heavy atom. The van der Waals surface area contributed by atoms with E-state index in [0.717, 1.165) is 22.2 Å². The van der Waals surface area contributed by atoms with Crippen LogP contribution in [0.3, 0.4) is 0 Å². The molecule has 0 spiro atoms. The van der Waals surface area contributed by atoms with Crippen LogP contribution in [-0.4, -0.2) is 28.2 Å². The van der Waals surface area contributed by atoms with Crippen molar-refractivity contribution in [3.8, 4) is 5.82 Å². The number of hydrogen-bond acceptors (Lipinski definition) is 5. The molecule has 2 heterocycles. The van der Waals surface area contributed by atoms with Crippen LogP contribution in [0.25, 0.3) is 16.6 Å². The van der Waals surface area contributed by atoms with Crippen molar-refractivity contribution in [1.82, 2.24) is 19.7 Å². The van der Waals surface area contributed by atoms with E-state index in [9.17, 15) is 8.42 Å². The second-order valence-electron chi connectivity index (χ2n) is 6.21. The van der Waals surface area contributed by atoms with Crippen LogP contribution in [0.4, 0.5) is 5.82 Å². The molecule has 2 aromatic carbocycles. The summed E-state index contributed by atoms with van der Waals surface area (Å²) in [7, 11) is -3.78. The van der Waals surface area contributed by atoms with E-state index >= 15 is 0 Å². The predicted molar refractivity (Wildman–Crippen MR) is 103 cm³/mol. The molecule has 4 aromatic rings. The van der Waals surface area contributed by atoms with Crippen LogP contribution in [0.2, 0.25) is 0 Å². The quantitative estimate of drug-likeness (QED) is 0.588. The van der Waals surface area contributed by atoms with Gasteiger partial charge in [0.1, 0.15) is 12.1 Å². The van der Waals surface area contributed by atoms with Crippen LogP contribution in [0.15, 0.2) is 65.8 Å².